The highest BCUT2D eigenvalue weighted by atomic mass is 32.2. The second-order valence-electron chi connectivity index (χ2n) is 41.3. The van der Waals surface area contributed by atoms with Crippen molar-refractivity contribution in [2.45, 2.75) is 67.6 Å². The summed E-state index contributed by atoms with van der Waals surface area (Å²) in [6.45, 7) is 14.2. The monoisotopic (exact) mass is 1890 g/mol. The van der Waals surface area contributed by atoms with Crippen LogP contribution in [-0.2, 0) is 16.2 Å². The Balaban J connectivity index is 0.000000107. The van der Waals surface area contributed by atoms with Crippen LogP contribution in [0.5, 0.6) is 11.5 Å². The third-order valence-corrected chi connectivity index (χ3v) is 33.4. The molecule has 25 aromatic carbocycles. The summed E-state index contributed by atoms with van der Waals surface area (Å²) in [5.74, 6) is 1.70. The van der Waals surface area contributed by atoms with Crippen LogP contribution in [0, 0.1) is 0 Å². The van der Waals surface area contributed by atoms with Gasteiger partial charge in [0.25, 0.3) is 0 Å². The Labute approximate surface area is 861 Å². The number of para-hydroxylation sites is 6. The van der Waals surface area contributed by atoms with Crippen molar-refractivity contribution in [2.75, 3.05) is 9.80 Å². The van der Waals surface area contributed by atoms with Crippen LogP contribution >= 0.6 is 11.8 Å². The zero-order valence-electron chi connectivity index (χ0n) is 82.6. The van der Waals surface area contributed by atoms with Gasteiger partial charge in [-0.1, -0.05) is 478 Å². The predicted molar refractivity (Wildman–Crippen MR) is 624 cm³/mol. The fraction of sp³-hybridized carbons (Fsp3) is 0.0629. The molecule has 0 N–H and O–H groups in total. The fourth-order valence-corrected chi connectivity index (χ4v) is 26.7. The number of rotatable bonds is 9. The van der Waals surface area contributed by atoms with E-state index < -0.39 is 0 Å². The topological polar surface area (TPSA) is 15.7 Å². The second-order valence-corrected chi connectivity index (χ2v) is 42.4. The first-order valence-electron chi connectivity index (χ1n) is 51.3. The molecule has 0 spiro atoms. The largest absolute Gasteiger partial charge is 0.453 e. The first-order chi connectivity index (χ1) is 72.3. The van der Waals surface area contributed by atoms with Gasteiger partial charge in [-0.15, -0.1) is 0 Å². The molecule has 3 aliphatic carbocycles. The summed E-state index contributed by atoms with van der Waals surface area (Å²) < 4.78 is 6.48. The van der Waals surface area contributed by atoms with Gasteiger partial charge in [0, 0.05) is 47.6 Å². The van der Waals surface area contributed by atoms with Crippen molar-refractivity contribution < 1.29 is 4.74 Å². The van der Waals surface area contributed by atoms with E-state index in [4.69, 9.17) is 4.74 Å². The molecule has 0 unspecified atom stereocenters. The lowest BCUT2D eigenvalue weighted by Crippen LogP contribution is -2.16. The van der Waals surface area contributed by atoms with Crippen molar-refractivity contribution in [3.8, 4) is 123 Å². The molecule has 2 heterocycles. The van der Waals surface area contributed by atoms with Gasteiger partial charge in [0.05, 0.1) is 34.1 Å². The third-order valence-electron chi connectivity index (χ3n) is 32.3. The molecule has 2 aliphatic heterocycles. The minimum atomic E-state index is -0.0933. The number of nitrogens with zero attached hydrogens (tertiary/aromatic N) is 2. The van der Waals surface area contributed by atoms with E-state index in [1.54, 1.807) is 0 Å². The van der Waals surface area contributed by atoms with Crippen LogP contribution in [0.4, 0.5) is 34.1 Å². The average molecular weight is 1890 g/mol. The Bertz CT molecular complexity index is 9280. The molecular formula is C143H100N2OS. The van der Waals surface area contributed by atoms with Crippen molar-refractivity contribution >= 4 is 132 Å². The van der Waals surface area contributed by atoms with Gasteiger partial charge in [0.1, 0.15) is 0 Å². The zero-order valence-corrected chi connectivity index (χ0v) is 83.4. The van der Waals surface area contributed by atoms with E-state index in [-0.39, 0.29) is 16.2 Å². The minimum Gasteiger partial charge on any atom is -0.453 e. The molecule has 0 bridgehead atoms. The highest BCUT2D eigenvalue weighted by molar-refractivity contribution is 7.99. The molecule has 0 saturated heterocycles. The van der Waals surface area contributed by atoms with E-state index in [0.717, 1.165) is 28.6 Å². The van der Waals surface area contributed by atoms with E-state index in [1.807, 2.05) is 23.9 Å². The molecule has 0 radical (unpaired) electrons. The van der Waals surface area contributed by atoms with Crippen LogP contribution < -0.4 is 14.5 Å². The fourth-order valence-electron chi connectivity index (χ4n) is 25.6. The maximum atomic E-state index is 6.48. The zero-order chi connectivity index (χ0) is 98.1. The molecule has 4 heteroatoms. The van der Waals surface area contributed by atoms with Crippen molar-refractivity contribution in [1.29, 1.82) is 0 Å². The molecule has 25 aromatic rings. The molecule has 0 fully saturated rings. The molecule has 0 amide bonds. The number of benzene rings is 25. The average Bonchev–Trinajstić information content (AvgIpc) is 1.70. The van der Waals surface area contributed by atoms with E-state index >= 15 is 0 Å². The van der Waals surface area contributed by atoms with E-state index in [0.29, 0.717) is 0 Å². The summed E-state index contributed by atoms with van der Waals surface area (Å²) in [6.07, 6.45) is 0. The first kappa shape index (κ1) is 87.2. The Hall–Kier alpha value is -17.7. The van der Waals surface area contributed by atoms with Gasteiger partial charge in [-0.25, -0.2) is 0 Å². The normalized spacial score (nSPS) is 13.7. The lowest BCUT2D eigenvalue weighted by molar-refractivity contribution is 0.477. The molecular weight excluding hydrogens is 1790 g/mol. The Morgan fingerprint density at radius 1 is 0.170 bits per heavy atom. The first-order valence-corrected chi connectivity index (χ1v) is 52.2. The maximum Gasteiger partial charge on any atom is 0.151 e. The number of hydrogen-bond acceptors (Lipinski definition) is 4. The summed E-state index contributed by atoms with van der Waals surface area (Å²) in [5, 5.41) is 20.1. The van der Waals surface area contributed by atoms with Crippen LogP contribution in [0.15, 0.2) is 507 Å². The van der Waals surface area contributed by atoms with Crippen LogP contribution in [-0.4, -0.2) is 0 Å². The van der Waals surface area contributed by atoms with Crippen LogP contribution in [0.25, 0.3) is 197 Å². The van der Waals surface area contributed by atoms with Gasteiger partial charge in [-0.3, -0.25) is 0 Å². The van der Waals surface area contributed by atoms with Crippen molar-refractivity contribution in [2.24, 2.45) is 0 Å². The Kier molecular flexibility index (Phi) is 20.3. The molecule has 147 heavy (non-hydrogen) atoms. The highest BCUT2D eigenvalue weighted by Gasteiger charge is 2.43. The highest BCUT2D eigenvalue weighted by Crippen LogP contribution is 2.64. The minimum absolute atomic E-state index is 0.0788. The molecule has 0 saturated carbocycles. The van der Waals surface area contributed by atoms with Crippen molar-refractivity contribution in [1.82, 2.24) is 0 Å². The number of fused-ring (bicyclic) bond motifs is 21. The Morgan fingerprint density at radius 2 is 0.429 bits per heavy atom. The number of hydrogen-bond donors (Lipinski definition) is 0. The van der Waals surface area contributed by atoms with Crippen LogP contribution in [0.1, 0.15) is 74.9 Å². The summed E-state index contributed by atoms with van der Waals surface area (Å²) in [4.78, 5) is 7.47. The van der Waals surface area contributed by atoms with Gasteiger partial charge < -0.3 is 14.5 Å². The predicted octanol–water partition coefficient (Wildman–Crippen LogP) is 40.4. The smallest absolute Gasteiger partial charge is 0.151 e. The van der Waals surface area contributed by atoms with Crippen LogP contribution in [0.2, 0.25) is 0 Å². The van der Waals surface area contributed by atoms with Crippen molar-refractivity contribution in [3.63, 3.8) is 0 Å². The second kappa shape index (κ2) is 34.3. The third kappa shape index (κ3) is 13.7. The lowest BCUT2D eigenvalue weighted by Gasteiger charge is -2.35. The molecule has 30 rings (SSSR count). The lowest BCUT2D eigenvalue weighted by atomic mass is 9.79. The quantitative estimate of drug-likeness (QED) is 0.134. The number of anilines is 6. The summed E-state index contributed by atoms with van der Waals surface area (Å²) in [5.41, 5.74) is 40.7. The SMILES string of the molecule is CC1(C)c2ccccc2-c2c(-c3c4ccccc4c(-c4c5ccccc5cc5ccccc45)c4ccc(-c5ccccc5)cc34)cccc21.CC1(C)c2ccccc2-c2c(-c3c4ccccc4c(N4c5ccccc5Oc5ccccc54)c4ccc(-c5ccccc5)cc34)cccc21.CC1(C)c2ccccc2-c2c(-c3c4ccccc4c(N4c5ccccc5Sc5ccccc54)c4ccc(-c5ccccc5)cc34)cccc21. The molecule has 0 aromatic heterocycles. The van der Waals surface area contributed by atoms with Crippen molar-refractivity contribution in [3.05, 3.63) is 531 Å². The summed E-state index contributed by atoms with van der Waals surface area (Å²) >= 11 is 1.86. The van der Waals surface area contributed by atoms with Gasteiger partial charge >= 0.3 is 0 Å². The molecule has 0 atom stereocenters. The number of ether oxygens (including phenoxy) is 1. The van der Waals surface area contributed by atoms with E-state index in [2.05, 4.69) is 537 Å². The van der Waals surface area contributed by atoms with Gasteiger partial charge in [-0.05, 0) is 282 Å². The van der Waals surface area contributed by atoms with Gasteiger partial charge in [-0.2, -0.15) is 0 Å². The standard InChI is InChI=1S/C49H34.C47H33NO.C47H33NS/c1-49(2)43-25-13-12-23-40(43)46-41(24-14-26-44(46)49)45-37-21-10-11-22-38(37)48(39-28-27-32(30-42(39)45)31-15-4-3-5-16-31)47-35-19-8-6-17-33(35)29-34-18-7-9-20-36(34)47;2*1-47(2)38-21-9-8-19-35(38)45-36(20-14-22-39(45)47)44-32-17-6-7-18-33(32)46(34-28-27-31(29-37(34)44)30-15-4-3-5-16-30)48-40-23-10-12-25-42(40)49-43-26-13-11-24-41(43)48/h3-30H,1-2H3;2*3-29H,1-2H3. The van der Waals surface area contributed by atoms with Gasteiger partial charge in [0.15, 0.2) is 11.5 Å². The van der Waals surface area contributed by atoms with E-state index in [9.17, 15) is 0 Å². The van der Waals surface area contributed by atoms with E-state index in [1.165, 1.54) is 258 Å². The van der Waals surface area contributed by atoms with Gasteiger partial charge in [0.2, 0.25) is 0 Å². The molecule has 5 aliphatic rings. The maximum absolute atomic E-state index is 6.48. The molecule has 694 valence electrons. The Morgan fingerprint density at radius 3 is 0.823 bits per heavy atom. The van der Waals surface area contributed by atoms with Crippen LogP contribution in [0.3, 0.4) is 0 Å². The molecule has 3 nitrogen and oxygen atoms in total. The summed E-state index contributed by atoms with van der Waals surface area (Å²) in [6, 6.07) is 183. The summed E-state index contributed by atoms with van der Waals surface area (Å²) in [7, 11) is 0.